The van der Waals surface area contributed by atoms with Gasteiger partial charge in [0, 0.05) is 5.56 Å². The predicted octanol–water partition coefficient (Wildman–Crippen LogP) is 4.54. The zero-order valence-electron chi connectivity index (χ0n) is 12.1. The highest BCUT2D eigenvalue weighted by Crippen LogP contribution is 2.29. The lowest BCUT2D eigenvalue weighted by molar-refractivity contribution is 0.168. The van der Waals surface area contributed by atoms with Crippen LogP contribution in [0.2, 0.25) is 0 Å². The van der Waals surface area contributed by atoms with Crippen LogP contribution in [0.3, 0.4) is 0 Å². The van der Waals surface area contributed by atoms with E-state index in [9.17, 15) is 4.79 Å². The second kappa shape index (κ2) is 6.24. The van der Waals surface area contributed by atoms with Crippen molar-refractivity contribution in [3.8, 4) is 11.1 Å². The molecule has 0 aromatic heterocycles. The number of hydrogen-bond acceptors (Lipinski definition) is 2. The van der Waals surface area contributed by atoms with Gasteiger partial charge in [0.25, 0.3) is 0 Å². The molecule has 2 aromatic rings. The topological polar surface area (TPSA) is 38.3 Å². The summed E-state index contributed by atoms with van der Waals surface area (Å²) >= 11 is 0. The highest BCUT2D eigenvalue weighted by atomic mass is 16.5. The minimum atomic E-state index is -0.427. The van der Waals surface area contributed by atoms with Gasteiger partial charge in [0.15, 0.2) is 0 Å². The molecule has 20 heavy (non-hydrogen) atoms. The van der Waals surface area contributed by atoms with Gasteiger partial charge in [0.1, 0.15) is 0 Å². The highest BCUT2D eigenvalue weighted by Gasteiger charge is 2.09. The van der Waals surface area contributed by atoms with Crippen LogP contribution in [-0.4, -0.2) is 12.7 Å². The van der Waals surface area contributed by atoms with Crippen molar-refractivity contribution in [2.75, 3.05) is 11.9 Å². The molecule has 104 valence electrons. The molecule has 2 aromatic carbocycles. The third kappa shape index (κ3) is 3.18. The summed E-state index contributed by atoms with van der Waals surface area (Å²) in [6, 6.07) is 14.0. The van der Waals surface area contributed by atoms with Gasteiger partial charge in [-0.2, -0.15) is 0 Å². The molecular weight excluding hydrogens is 250 g/mol. The average Bonchev–Trinajstić information content (AvgIpc) is 2.43. The third-order valence-electron chi connectivity index (χ3n) is 3.26. The van der Waals surface area contributed by atoms with Crippen LogP contribution in [0.1, 0.15) is 18.1 Å². The zero-order valence-corrected chi connectivity index (χ0v) is 12.1. The number of hydrogen-bond donors (Lipinski definition) is 1. The van der Waals surface area contributed by atoms with Gasteiger partial charge < -0.3 is 4.74 Å². The first-order chi connectivity index (χ1) is 9.61. The first-order valence-electron chi connectivity index (χ1n) is 6.72. The molecule has 1 amide bonds. The molecule has 3 heteroatoms. The Morgan fingerprint density at radius 3 is 2.55 bits per heavy atom. The Hall–Kier alpha value is -2.29. The Kier molecular flexibility index (Phi) is 4.41. The molecule has 0 aliphatic heterocycles. The van der Waals surface area contributed by atoms with Gasteiger partial charge in [0.05, 0.1) is 12.3 Å². The number of ether oxygens (including phenoxy) is 1. The van der Waals surface area contributed by atoms with Crippen LogP contribution >= 0.6 is 0 Å². The van der Waals surface area contributed by atoms with Gasteiger partial charge in [-0.15, -0.1) is 0 Å². The van der Waals surface area contributed by atoms with Gasteiger partial charge in [-0.1, -0.05) is 36.4 Å². The van der Waals surface area contributed by atoms with Crippen LogP contribution in [0, 0.1) is 13.8 Å². The Labute approximate surface area is 119 Å². The molecule has 1 N–H and O–H groups in total. The maximum absolute atomic E-state index is 11.6. The summed E-state index contributed by atoms with van der Waals surface area (Å²) in [7, 11) is 0. The lowest BCUT2D eigenvalue weighted by Gasteiger charge is -2.12. The largest absolute Gasteiger partial charge is 0.450 e. The van der Waals surface area contributed by atoms with E-state index in [0.29, 0.717) is 6.61 Å². The van der Waals surface area contributed by atoms with Gasteiger partial charge in [-0.05, 0) is 43.5 Å². The van der Waals surface area contributed by atoms with E-state index in [1.807, 2.05) is 24.3 Å². The summed E-state index contributed by atoms with van der Waals surface area (Å²) in [5, 5.41) is 2.78. The normalized spacial score (nSPS) is 10.2. The van der Waals surface area contributed by atoms with Gasteiger partial charge in [-0.3, -0.25) is 5.32 Å². The fourth-order valence-corrected chi connectivity index (χ4v) is 2.03. The van der Waals surface area contributed by atoms with Crippen LogP contribution in [0.5, 0.6) is 0 Å². The fraction of sp³-hybridized carbons (Fsp3) is 0.235. The minimum Gasteiger partial charge on any atom is -0.450 e. The number of para-hydroxylation sites is 1. The first-order valence-corrected chi connectivity index (χ1v) is 6.72. The number of carbonyl (C=O) groups is 1. The minimum absolute atomic E-state index is 0.359. The second-order valence-corrected chi connectivity index (χ2v) is 4.69. The lowest BCUT2D eigenvalue weighted by Crippen LogP contribution is -2.13. The van der Waals surface area contributed by atoms with Crippen molar-refractivity contribution in [1.82, 2.24) is 0 Å². The standard InChI is InChI=1S/C17H19NO2/c1-4-20-17(19)18-16-8-6-5-7-15(16)14-10-9-12(2)13(3)11-14/h5-11H,4H2,1-3H3,(H,18,19). The van der Waals surface area contributed by atoms with Crippen molar-refractivity contribution in [1.29, 1.82) is 0 Å². The molecule has 0 unspecified atom stereocenters. The molecule has 0 bridgehead atoms. The molecule has 3 nitrogen and oxygen atoms in total. The van der Waals surface area contributed by atoms with E-state index in [4.69, 9.17) is 4.74 Å². The average molecular weight is 269 g/mol. The monoisotopic (exact) mass is 269 g/mol. The molecule has 0 aliphatic rings. The van der Waals surface area contributed by atoms with E-state index in [0.717, 1.165) is 16.8 Å². The smallest absolute Gasteiger partial charge is 0.411 e. The predicted molar refractivity (Wildman–Crippen MR) is 82.0 cm³/mol. The van der Waals surface area contributed by atoms with E-state index in [-0.39, 0.29) is 0 Å². The van der Waals surface area contributed by atoms with E-state index in [1.54, 1.807) is 6.92 Å². The van der Waals surface area contributed by atoms with E-state index in [1.165, 1.54) is 11.1 Å². The molecule has 0 heterocycles. The molecule has 0 radical (unpaired) electrons. The summed E-state index contributed by atoms with van der Waals surface area (Å²) in [4.78, 5) is 11.6. The number of benzene rings is 2. The Morgan fingerprint density at radius 2 is 1.85 bits per heavy atom. The number of rotatable bonds is 3. The Balaban J connectivity index is 2.36. The SMILES string of the molecule is CCOC(=O)Nc1ccccc1-c1ccc(C)c(C)c1. The molecule has 0 saturated carbocycles. The number of amides is 1. The van der Waals surface area contributed by atoms with Crippen LogP contribution in [-0.2, 0) is 4.74 Å². The van der Waals surface area contributed by atoms with Crippen LogP contribution in [0.4, 0.5) is 10.5 Å². The highest BCUT2D eigenvalue weighted by molar-refractivity contribution is 5.91. The molecule has 0 saturated heterocycles. The van der Waals surface area contributed by atoms with Gasteiger partial charge in [0.2, 0.25) is 0 Å². The number of nitrogens with one attached hydrogen (secondary N) is 1. The molecule has 0 atom stereocenters. The fourth-order valence-electron chi connectivity index (χ4n) is 2.03. The summed E-state index contributed by atoms with van der Waals surface area (Å²) in [5.74, 6) is 0. The van der Waals surface area contributed by atoms with Crippen molar-refractivity contribution >= 4 is 11.8 Å². The molecule has 0 spiro atoms. The third-order valence-corrected chi connectivity index (χ3v) is 3.26. The van der Waals surface area contributed by atoms with Crippen LogP contribution in [0.25, 0.3) is 11.1 Å². The molecular formula is C17H19NO2. The maximum atomic E-state index is 11.6. The van der Waals surface area contributed by atoms with Crippen LogP contribution in [0.15, 0.2) is 42.5 Å². The molecule has 0 aliphatic carbocycles. The summed E-state index contributed by atoms with van der Waals surface area (Å²) in [6.07, 6.45) is -0.427. The Bertz CT molecular complexity index is 620. The summed E-state index contributed by atoms with van der Waals surface area (Å²) in [5.41, 5.74) is 5.32. The lowest BCUT2D eigenvalue weighted by atomic mass is 9.99. The van der Waals surface area contributed by atoms with Gasteiger partial charge in [-0.25, -0.2) is 4.79 Å². The zero-order chi connectivity index (χ0) is 14.5. The van der Waals surface area contributed by atoms with Crippen LogP contribution < -0.4 is 5.32 Å². The van der Waals surface area contributed by atoms with Crippen molar-refractivity contribution in [2.24, 2.45) is 0 Å². The number of anilines is 1. The van der Waals surface area contributed by atoms with Crippen molar-refractivity contribution < 1.29 is 9.53 Å². The summed E-state index contributed by atoms with van der Waals surface area (Å²) < 4.78 is 4.93. The van der Waals surface area contributed by atoms with E-state index >= 15 is 0 Å². The van der Waals surface area contributed by atoms with E-state index < -0.39 is 6.09 Å². The maximum Gasteiger partial charge on any atom is 0.411 e. The first kappa shape index (κ1) is 14.1. The molecule has 2 rings (SSSR count). The van der Waals surface area contributed by atoms with E-state index in [2.05, 4.69) is 37.4 Å². The Morgan fingerprint density at radius 1 is 1.10 bits per heavy atom. The quantitative estimate of drug-likeness (QED) is 0.888. The summed E-state index contributed by atoms with van der Waals surface area (Å²) in [6.45, 7) is 6.31. The molecule has 0 fully saturated rings. The van der Waals surface area contributed by atoms with Gasteiger partial charge >= 0.3 is 6.09 Å². The number of aryl methyl sites for hydroxylation is 2. The second-order valence-electron chi connectivity index (χ2n) is 4.69. The van der Waals surface area contributed by atoms with Crippen molar-refractivity contribution in [2.45, 2.75) is 20.8 Å². The number of carbonyl (C=O) groups excluding carboxylic acids is 1. The van der Waals surface area contributed by atoms with Crippen molar-refractivity contribution in [3.63, 3.8) is 0 Å². The van der Waals surface area contributed by atoms with Crippen molar-refractivity contribution in [3.05, 3.63) is 53.6 Å².